The summed E-state index contributed by atoms with van der Waals surface area (Å²) in [5.41, 5.74) is 7.01. The van der Waals surface area contributed by atoms with Crippen molar-refractivity contribution in [3.8, 4) is 5.75 Å². The molecule has 160 valence electrons. The zero-order valence-electron chi connectivity index (χ0n) is 18.0. The second kappa shape index (κ2) is 10.3. The van der Waals surface area contributed by atoms with Crippen LogP contribution >= 0.6 is 15.9 Å². The van der Waals surface area contributed by atoms with Crippen molar-refractivity contribution in [1.29, 1.82) is 0 Å². The molecule has 0 spiro atoms. The first-order valence-corrected chi connectivity index (χ1v) is 12.2. The summed E-state index contributed by atoms with van der Waals surface area (Å²) in [5, 5.41) is 0.423. The number of carbonyl (C=O) groups is 1. The van der Waals surface area contributed by atoms with Gasteiger partial charge in [0.05, 0.1) is 11.9 Å². The average molecular weight is 477 g/mol. The Balaban J connectivity index is 1.56. The lowest BCUT2D eigenvalue weighted by molar-refractivity contribution is -0.116. The molecule has 1 aliphatic carbocycles. The molecule has 0 saturated carbocycles. The Hall–Kier alpha value is -2.39. The molecule has 3 aromatic rings. The highest BCUT2D eigenvalue weighted by molar-refractivity contribution is 9.09. The maximum Gasteiger partial charge on any atom is 0.143 e. The number of alkyl halides is 1. The Morgan fingerprint density at radius 1 is 1.00 bits per heavy atom. The normalized spacial score (nSPS) is 17.7. The van der Waals surface area contributed by atoms with Gasteiger partial charge in [-0.15, -0.1) is 0 Å². The minimum atomic E-state index is 0.220. The maximum atomic E-state index is 11.4. The number of benzene rings is 3. The van der Waals surface area contributed by atoms with Crippen molar-refractivity contribution >= 4 is 21.7 Å². The molecule has 0 aromatic heterocycles. The summed E-state index contributed by atoms with van der Waals surface area (Å²) in [7, 11) is 0. The van der Waals surface area contributed by atoms with E-state index in [-0.39, 0.29) is 5.78 Å². The van der Waals surface area contributed by atoms with Crippen LogP contribution < -0.4 is 4.74 Å². The summed E-state index contributed by atoms with van der Waals surface area (Å²) in [6, 6.07) is 26.4. The molecule has 3 aromatic carbocycles. The zero-order valence-corrected chi connectivity index (χ0v) is 19.6. The van der Waals surface area contributed by atoms with Crippen molar-refractivity contribution in [2.75, 3.05) is 11.9 Å². The van der Waals surface area contributed by atoms with Crippen LogP contribution in [0.1, 0.15) is 58.9 Å². The first kappa shape index (κ1) is 21.8. The van der Waals surface area contributed by atoms with E-state index in [4.69, 9.17) is 4.74 Å². The van der Waals surface area contributed by atoms with E-state index in [0.29, 0.717) is 30.2 Å². The molecule has 0 aliphatic heterocycles. The summed E-state index contributed by atoms with van der Waals surface area (Å²) >= 11 is 3.20. The summed E-state index contributed by atoms with van der Waals surface area (Å²) < 4.78 is 5.87. The second-order valence-corrected chi connectivity index (χ2v) is 8.99. The van der Waals surface area contributed by atoms with Gasteiger partial charge < -0.3 is 4.74 Å². The third-order valence-electron chi connectivity index (χ3n) is 6.25. The molecule has 31 heavy (non-hydrogen) atoms. The number of halogens is 1. The van der Waals surface area contributed by atoms with Crippen molar-refractivity contribution < 1.29 is 9.53 Å². The SMILES string of the molecule is Cc1ccc2c(c1)CC[C@H](c1ccccc1)[C@@H]2c1ccc(OCCCC(=O)CBr)cc1. The van der Waals surface area contributed by atoms with E-state index in [2.05, 4.69) is 95.7 Å². The minimum Gasteiger partial charge on any atom is -0.494 e. The molecule has 0 fully saturated rings. The number of aryl methyl sites for hydroxylation is 2. The first-order chi connectivity index (χ1) is 15.2. The highest BCUT2D eigenvalue weighted by Gasteiger charge is 2.31. The smallest absolute Gasteiger partial charge is 0.143 e. The first-order valence-electron chi connectivity index (χ1n) is 11.1. The van der Waals surface area contributed by atoms with Gasteiger partial charge in [-0.3, -0.25) is 4.79 Å². The van der Waals surface area contributed by atoms with Crippen LogP contribution in [0.4, 0.5) is 0 Å². The molecule has 0 N–H and O–H groups in total. The lowest BCUT2D eigenvalue weighted by Crippen LogP contribution is -2.20. The van der Waals surface area contributed by atoms with Gasteiger partial charge >= 0.3 is 0 Å². The number of hydrogen-bond acceptors (Lipinski definition) is 2. The maximum absolute atomic E-state index is 11.4. The van der Waals surface area contributed by atoms with Gasteiger partial charge in [-0.05, 0) is 66.5 Å². The highest BCUT2D eigenvalue weighted by atomic mass is 79.9. The minimum absolute atomic E-state index is 0.220. The Kier molecular flexibility index (Phi) is 7.24. The molecular formula is C28H29BrO2. The van der Waals surface area contributed by atoms with Crippen molar-refractivity contribution in [3.05, 3.63) is 101 Å². The van der Waals surface area contributed by atoms with Crippen molar-refractivity contribution in [2.45, 2.75) is 44.4 Å². The number of carbonyl (C=O) groups excluding carboxylic acids is 1. The number of fused-ring (bicyclic) bond motifs is 1. The van der Waals surface area contributed by atoms with E-state index in [9.17, 15) is 4.79 Å². The van der Waals surface area contributed by atoms with Gasteiger partial charge in [0.2, 0.25) is 0 Å². The summed E-state index contributed by atoms with van der Waals surface area (Å²) in [6.45, 7) is 2.74. The van der Waals surface area contributed by atoms with Crippen LogP contribution in [0, 0.1) is 6.92 Å². The molecule has 0 heterocycles. The predicted molar refractivity (Wildman–Crippen MR) is 130 cm³/mol. The quantitative estimate of drug-likeness (QED) is 0.259. The number of rotatable bonds is 8. The van der Waals surface area contributed by atoms with E-state index in [0.717, 1.165) is 25.0 Å². The summed E-state index contributed by atoms with van der Waals surface area (Å²) in [5.74, 6) is 1.90. The van der Waals surface area contributed by atoms with Gasteiger partial charge in [-0.2, -0.15) is 0 Å². The number of hydrogen-bond donors (Lipinski definition) is 0. The predicted octanol–water partition coefficient (Wildman–Crippen LogP) is 6.98. The summed E-state index contributed by atoms with van der Waals surface area (Å²) in [6.07, 6.45) is 3.59. The van der Waals surface area contributed by atoms with E-state index < -0.39 is 0 Å². The van der Waals surface area contributed by atoms with E-state index >= 15 is 0 Å². The molecule has 0 saturated heterocycles. The number of Topliss-reactive ketones (excluding diaryl/α,β-unsaturated/α-hetero) is 1. The molecule has 2 atom stereocenters. The second-order valence-electron chi connectivity index (χ2n) is 8.43. The number of ketones is 1. The zero-order chi connectivity index (χ0) is 21.6. The molecule has 1 aliphatic rings. The van der Waals surface area contributed by atoms with Crippen LogP contribution in [-0.4, -0.2) is 17.7 Å². The van der Waals surface area contributed by atoms with Gasteiger partial charge in [-0.1, -0.05) is 82.2 Å². The van der Waals surface area contributed by atoms with Crippen LogP contribution in [0.15, 0.2) is 72.8 Å². The molecule has 0 radical (unpaired) electrons. The molecule has 3 heteroatoms. The fourth-order valence-electron chi connectivity index (χ4n) is 4.72. The largest absolute Gasteiger partial charge is 0.494 e. The van der Waals surface area contributed by atoms with Gasteiger partial charge in [0.1, 0.15) is 11.5 Å². The fourth-order valence-corrected chi connectivity index (χ4v) is 5.00. The van der Waals surface area contributed by atoms with Crippen molar-refractivity contribution in [2.24, 2.45) is 0 Å². The molecule has 0 unspecified atom stereocenters. The monoisotopic (exact) mass is 476 g/mol. The average Bonchev–Trinajstić information content (AvgIpc) is 2.82. The molecular weight excluding hydrogens is 448 g/mol. The fraction of sp³-hybridized carbons (Fsp3) is 0.321. The Morgan fingerprint density at radius 2 is 1.77 bits per heavy atom. The van der Waals surface area contributed by atoms with Crippen LogP contribution in [0.5, 0.6) is 5.75 Å². The third kappa shape index (κ3) is 5.27. The van der Waals surface area contributed by atoms with Crippen molar-refractivity contribution in [3.63, 3.8) is 0 Å². The Labute approximate surface area is 193 Å². The van der Waals surface area contributed by atoms with Crippen LogP contribution in [-0.2, 0) is 11.2 Å². The van der Waals surface area contributed by atoms with Crippen LogP contribution in [0.2, 0.25) is 0 Å². The lowest BCUT2D eigenvalue weighted by atomic mass is 9.69. The topological polar surface area (TPSA) is 26.3 Å². The van der Waals surface area contributed by atoms with Crippen molar-refractivity contribution in [1.82, 2.24) is 0 Å². The molecule has 4 rings (SSSR count). The van der Waals surface area contributed by atoms with Gasteiger partial charge in [0.25, 0.3) is 0 Å². The Bertz CT molecular complexity index is 1010. The van der Waals surface area contributed by atoms with Crippen LogP contribution in [0.25, 0.3) is 0 Å². The van der Waals surface area contributed by atoms with Gasteiger partial charge in [0, 0.05) is 12.3 Å². The highest BCUT2D eigenvalue weighted by Crippen LogP contribution is 2.46. The van der Waals surface area contributed by atoms with Gasteiger partial charge in [0.15, 0.2) is 0 Å². The molecule has 2 nitrogen and oxygen atoms in total. The lowest BCUT2D eigenvalue weighted by Gasteiger charge is -2.35. The standard InChI is InChI=1S/C28H29BrO2/c1-20-9-15-27-23(18-20)12-16-26(21-6-3-2-4-7-21)28(27)22-10-13-25(14-11-22)31-17-5-8-24(30)19-29/h2-4,6-7,9-11,13-15,18,26,28H,5,8,12,16-17,19H2,1H3/t26-,28+/m1/s1. The number of ether oxygens (including phenoxy) is 1. The Morgan fingerprint density at radius 3 is 2.52 bits per heavy atom. The van der Waals surface area contributed by atoms with E-state index in [1.165, 1.54) is 27.8 Å². The molecule has 0 bridgehead atoms. The van der Waals surface area contributed by atoms with E-state index in [1.54, 1.807) is 0 Å². The van der Waals surface area contributed by atoms with E-state index in [1.807, 2.05) is 0 Å². The molecule has 0 amide bonds. The summed E-state index contributed by atoms with van der Waals surface area (Å²) in [4.78, 5) is 11.4. The van der Waals surface area contributed by atoms with Crippen LogP contribution in [0.3, 0.4) is 0 Å². The van der Waals surface area contributed by atoms with Gasteiger partial charge in [-0.25, -0.2) is 0 Å². The third-order valence-corrected chi connectivity index (χ3v) is 6.87.